The van der Waals surface area contributed by atoms with E-state index in [-0.39, 0.29) is 41.1 Å². The third-order valence-electron chi connectivity index (χ3n) is 9.07. The molecule has 0 spiro atoms. The summed E-state index contributed by atoms with van der Waals surface area (Å²) in [7, 11) is 1.53. The Bertz CT molecular complexity index is 2150. The highest BCUT2D eigenvalue weighted by atomic mass is 35.5. The van der Waals surface area contributed by atoms with Crippen molar-refractivity contribution in [1.29, 1.82) is 0 Å². The molecule has 0 saturated carbocycles. The van der Waals surface area contributed by atoms with Crippen molar-refractivity contribution in [1.82, 2.24) is 19.4 Å². The van der Waals surface area contributed by atoms with Gasteiger partial charge in [-0.05, 0) is 48.1 Å². The number of hydrogen-bond donors (Lipinski definition) is 2. The summed E-state index contributed by atoms with van der Waals surface area (Å²) in [5.74, 6) is 0.364. The first-order valence-corrected chi connectivity index (χ1v) is 16.7. The monoisotopic (exact) mass is 730 g/mol. The van der Waals surface area contributed by atoms with Crippen LogP contribution in [0.5, 0.6) is 11.8 Å². The highest BCUT2D eigenvalue weighted by Crippen LogP contribution is 2.45. The van der Waals surface area contributed by atoms with E-state index in [0.29, 0.717) is 55.0 Å². The molecule has 1 saturated heterocycles. The lowest BCUT2D eigenvalue weighted by atomic mass is 9.95. The molecule has 1 aliphatic heterocycles. The van der Waals surface area contributed by atoms with Crippen molar-refractivity contribution >= 4 is 34.3 Å². The van der Waals surface area contributed by atoms with Gasteiger partial charge in [-0.1, -0.05) is 53.5 Å². The number of likely N-dealkylation sites (tertiary alicyclic amines) is 1. The van der Waals surface area contributed by atoms with Crippen LogP contribution in [0.15, 0.2) is 57.9 Å². The van der Waals surface area contributed by atoms with Crippen LogP contribution in [0.1, 0.15) is 41.2 Å². The van der Waals surface area contributed by atoms with Gasteiger partial charge in [-0.15, -0.1) is 0 Å². The average Bonchev–Trinajstić information content (AvgIpc) is 3.82. The van der Waals surface area contributed by atoms with Crippen LogP contribution in [0.4, 0.5) is 13.2 Å². The van der Waals surface area contributed by atoms with Gasteiger partial charge in [-0.3, -0.25) is 9.69 Å². The van der Waals surface area contributed by atoms with Gasteiger partial charge < -0.3 is 28.7 Å². The molecule has 0 amide bonds. The van der Waals surface area contributed by atoms with Crippen LogP contribution in [0.25, 0.3) is 33.7 Å². The van der Waals surface area contributed by atoms with Gasteiger partial charge in [-0.2, -0.15) is 18.2 Å². The molecule has 10 nitrogen and oxygen atoms in total. The van der Waals surface area contributed by atoms with Crippen LogP contribution in [-0.4, -0.2) is 62.6 Å². The number of rotatable bonds is 9. The number of aromatic nitrogens is 3. The minimum Gasteiger partial charge on any atom is -0.481 e. The standard InChI is InChI=1S/C35H31Cl2F3N4O6/c1-48-31-18(15-43-11-10-19(46)16-43)14-26(36)33(42-31)49-27-9-8-21-20(4-2-5-22(21)27)23-6-3-7-24(28(23)37)32-41-29-30(50-32)25(35(38,39)40)17-44(12-13-45)34(29)47/h2-7,14,17,19,27,45-46H,8-13,15-16H2,1H3/t19-,27+/m1/s1. The van der Waals surface area contributed by atoms with Gasteiger partial charge in [0.15, 0.2) is 11.1 Å². The number of aliphatic hydroxyl groups excluding tert-OH is 2. The smallest absolute Gasteiger partial charge is 0.421 e. The van der Waals surface area contributed by atoms with E-state index in [1.807, 2.05) is 18.2 Å². The molecule has 15 heteroatoms. The quantitative estimate of drug-likeness (QED) is 0.171. The van der Waals surface area contributed by atoms with Crippen LogP contribution in [0.2, 0.25) is 10.0 Å². The van der Waals surface area contributed by atoms with Crippen molar-refractivity contribution in [2.24, 2.45) is 0 Å². The van der Waals surface area contributed by atoms with E-state index in [1.54, 1.807) is 24.3 Å². The summed E-state index contributed by atoms with van der Waals surface area (Å²) < 4.78 is 60.2. The molecule has 2 aromatic carbocycles. The molecule has 262 valence electrons. The van der Waals surface area contributed by atoms with Gasteiger partial charge in [0, 0.05) is 43.5 Å². The molecule has 0 bridgehead atoms. The van der Waals surface area contributed by atoms with Crippen LogP contribution >= 0.6 is 23.2 Å². The molecule has 2 aliphatic rings. The Morgan fingerprint density at radius 3 is 2.54 bits per heavy atom. The van der Waals surface area contributed by atoms with Gasteiger partial charge in [0.25, 0.3) is 5.56 Å². The van der Waals surface area contributed by atoms with E-state index < -0.39 is 35.0 Å². The number of nitrogens with zero attached hydrogens (tertiary/aromatic N) is 4. The van der Waals surface area contributed by atoms with E-state index in [4.69, 9.17) is 37.1 Å². The summed E-state index contributed by atoms with van der Waals surface area (Å²) in [6.07, 6.45) is -3.03. The Morgan fingerprint density at radius 1 is 1.06 bits per heavy atom. The second kappa shape index (κ2) is 13.5. The first-order chi connectivity index (χ1) is 24.0. The van der Waals surface area contributed by atoms with Gasteiger partial charge >= 0.3 is 6.18 Å². The van der Waals surface area contributed by atoms with E-state index >= 15 is 0 Å². The number of pyridine rings is 2. The Morgan fingerprint density at radius 2 is 1.82 bits per heavy atom. The van der Waals surface area contributed by atoms with Crippen LogP contribution in [0, 0.1) is 0 Å². The molecule has 1 fully saturated rings. The Kier molecular flexibility index (Phi) is 9.29. The molecule has 50 heavy (non-hydrogen) atoms. The lowest BCUT2D eigenvalue weighted by Gasteiger charge is -2.20. The van der Waals surface area contributed by atoms with Gasteiger partial charge in [0.1, 0.15) is 16.7 Å². The molecule has 2 N–H and O–H groups in total. The summed E-state index contributed by atoms with van der Waals surface area (Å²) in [5.41, 5.74) is 0.992. The zero-order valence-corrected chi connectivity index (χ0v) is 28.1. The SMILES string of the molecule is COc1nc(O[C@H]2CCc3c(-c4cccc(-c5nc6c(=O)n(CCO)cc(C(F)(F)F)c6o5)c4Cl)cccc32)c(Cl)cc1CN1CC[C@@H](O)C1. The van der Waals surface area contributed by atoms with E-state index in [0.717, 1.165) is 33.4 Å². The Labute approximate surface area is 293 Å². The highest BCUT2D eigenvalue weighted by Gasteiger charge is 2.37. The second-order valence-corrected chi connectivity index (χ2v) is 13.1. The topological polar surface area (TPSA) is 123 Å². The van der Waals surface area contributed by atoms with Crippen molar-refractivity contribution in [3.05, 3.63) is 91.3 Å². The molecular weight excluding hydrogens is 700 g/mol. The van der Waals surface area contributed by atoms with Crippen LogP contribution < -0.4 is 15.0 Å². The number of halogens is 5. The summed E-state index contributed by atoms with van der Waals surface area (Å²) in [6, 6.07) is 12.5. The molecular formula is C35H31Cl2F3N4O6. The lowest BCUT2D eigenvalue weighted by molar-refractivity contribution is -0.137. The Hall–Kier alpha value is -4.14. The van der Waals surface area contributed by atoms with E-state index in [9.17, 15) is 28.2 Å². The molecule has 0 unspecified atom stereocenters. The van der Waals surface area contributed by atoms with E-state index in [1.165, 1.54) is 7.11 Å². The number of alkyl halides is 3. The van der Waals surface area contributed by atoms with Crippen LogP contribution in [0.3, 0.4) is 0 Å². The first-order valence-electron chi connectivity index (χ1n) is 15.9. The maximum Gasteiger partial charge on any atom is 0.421 e. The van der Waals surface area contributed by atoms with Crippen LogP contribution in [-0.2, 0) is 25.7 Å². The fourth-order valence-corrected chi connectivity index (χ4v) is 7.27. The molecule has 0 radical (unpaired) electrons. The van der Waals surface area contributed by atoms with Crippen molar-refractivity contribution in [3.63, 3.8) is 0 Å². The number of methoxy groups -OCH3 is 1. The number of hydrogen-bond acceptors (Lipinski definition) is 9. The van der Waals surface area contributed by atoms with Gasteiger partial charge in [0.2, 0.25) is 17.7 Å². The molecule has 4 heterocycles. The second-order valence-electron chi connectivity index (χ2n) is 12.3. The fraction of sp³-hybridized carbons (Fsp3) is 0.343. The lowest BCUT2D eigenvalue weighted by Crippen LogP contribution is -2.24. The van der Waals surface area contributed by atoms with Crippen molar-refractivity contribution < 1.29 is 37.3 Å². The Balaban J connectivity index is 1.21. The fourth-order valence-electron chi connectivity index (χ4n) is 6.74. The molecule has 2 atom stereocenters. The normalized spacial score (nSPS) is 17.8. The summed E-state index contributed by atoms with van der Waals surface area (Å²) in [4.78, 5) is 23.8. The minimum atomic E-state index is -4.85. The molecule has 7 rings (SSSR count). The number of oxazole rings is 1. The van der Waals surface area contributed by atoms with Crippen molar-refractivity contribution in [2.45, 2.75) is 50.7 Å². The third-order valence-corrected chi connectivity index (χ3v) is 9.75. The minimum absolute atomic E-state index is 0.177. The van der Waals surface area contributed by atoms with Gasteiger partial charge in [0.05, 0.1) is 30.4 Å². The molecule has 5 aromatic rings. The third kappa shape index (κ3) is 6.33. The average molecular weight is 732 g/mol. The number of β-amino-alcohol motifs (C(OH)–C–C–N with tert-alkyl or cyclic N) is 1. The summed E-state index contributed by atoms with van der Waals surface area (Å²) in [6.45, 7) is 0.967. The zero-order chi connectivity index (χ0) is 35.3. The first kappa shape index (κ1) is 34.3. The number of aliphatic hydroxyl groups is 2. The highest BCUT2D eigenvalue weighted by molar-refractivity contribution is 6.36. The molecule has 1 aliphatic carbocycles. The maximum absolute atomic E-state index is 14.0. The number of benzene rings is 2. The largest absolute Gasteiger partial charge is 0.481 e. The summed E-state index contributed by atoms with van der Waals surface area (Å²) >= 11 is 13.6. The molecule has 3 aromatic heterocycles. The summed E-state index contributed by atoms with van der Waals surface area (Å²) in [5, 5.41) is 19.7. The maximum atomic E-state index is 14.0. The predicted octanol–water partition coefficient (Wildman–Crippen LogP) is 6.68. The number of ether oxygens (including phenoxy) is 2. The van der Waals surface area contributed by atoms with Crippen molar-refractivity contribution in [3.8, 4) is 34.3 Å². The van der Waals surface area contributed by atoms with Gasteiger partial charge in [-0.25, -0.2) is 4.98 Å². The zero-order valence-electron chi connectivity index (χ0n) is 26.6. The van der Waals surface area contributed by atoms with E-state index in [2.05, 4.69) is 14.9 Å². The predicted molar refractivity (Wildman–Crippen MR) is 180 cm³/mol. The number of fused-ring (bicyclic) bond motifs is 2. The van der Waals surface area contributed by atoms with Crippen molar-refractivity contribution in [2.75, 3.05) is 26.8 Å².